The molecule has 1 atom stereocenters. The first kappa shape index (κ1) is 16.1. The van der Waals surface area contributed by atoms with Crippen LogP contribution in [0, 0.1) is 0 Å². The summed E-state index contributed by atoms with van der Waals surface area (Å²) in [6, 6.07) is 0.0834. The third-order valence-electron chi connectivity index (χ3n) is 3.03. The van der Waals surface area contributed by atoms with E-state index in [1.54, 1.807) is 12.0 Å². The second-order valence-corrected chi connectivity index (χ2v) is 4.44. The molecule has 0 saturated heterocycles. The first-order valence-corrected chi connectivity index (χ1v) is 6.41. The van der Waals surface area contributed by atoms with E-state index in [-0.39, 0.29) is 24.2 Å². The molecule has 1 amide bonds. The van der Waals surface area contributed by atoms with Crippen LogP contribution in [0.5, 0.6) is 0 Å². The van der Waals surface area contributed by atoms with Gasteiger partial charge in [0, 0.05) is 19.7 Å². The summed E-state index contributed by atoms with van der Waals surface area (Å²) in [5.74, 6) is -1.31. The number of rotatable bonds is 8. The molecule has 0 fully saturated rings. The molecule has 1 aromatic heterocycles. The Kier molecular flexibility index (Phi) is 6.10. The molecule has 0 aliphatic heterocycles. The van der Waals surface area contributed by atoms with Crippen molar-refractivity contribution in [3.8, 4) is 0 Å². The van der Waals surface area contributed by atoms with Crippen LogP contribution in [-0.4, -0.2) is 63.2 Å². The summed E-state index contributed by atoms with van der Waals surface area (Å²) < 4.78 is 6.23. The first-order valence-electron chi connectivity index (χ1n) is 6.41. The summed E-state index contributed by atoms with van der Waals surface area (Å²) in [6.07, 6.45) is 2.07. The van der Waals surface area contributed by atoms with Crippen LogP contribution in [0.3, 0.4) is 0 Å². The van der Waals surface area contributed by atoms with E-state index in [2.05, 4.69) is 10.3 Å². The molecule has 1 heterocycles. The maximum atomic E-state index is 12.2. The number of carbonyl (C=O) groups excluding carboxylic acids is 1. The van der Waals surface area contributed by atoms with Crippen molar-refractivity contribution in [3.05, 3.63) is 11.9 Å². The highest BCUT2D eigenvalue weighted by Gasteiger charge is 2.20. The largest absolute Gasteiger partial charge is 0.476 e. The van der Waals surface area contributed by atoms with Crippen molar-refractivity contribution >= 4 is 11.9 Å². The molecule has 8 heteroatoms. The summed E-state index contributed by atoms with van der Waals surface area (Å²) in [5, 5.41) is 15.9. The molecule has 0 saturated carbocycles. The molecule has 1 rings (SSSR count). The van der Waals surface area contributed by atoms with Crippen LogP contribution in [0.2, 0.25) is 0 Å². The molecule has 1 aromatic rings. The Morgan fingerprint density at radius 2 is 2.25 bits per heavy atom. The van der Waals surface area contributed by atoms with Gasteiger partial charge in [-0.25, -0.2) is 9.48 Å². The molecule has 0 spiro atoms. The van der Waals surface area contributed by atoms with E-state index in [1.165, 1.54) is 10.9 Å². The van der Waals surface area contributed by atoms with E-state index in [0.29, 0.717) is 13.2 Å². The van der Waals surface area contributed by atoms with Gasteiger partial charge in [0.2, 0.25) is 5.91 Å². The monoisotopic (exact) mass is 284 g/mol. The van der Waals surface area contributed by atoms with Crippen LogP contribution in [0.15, 0.2) is 6.20 Å². The van der Waals surface area contributed by atoms with Crippen LogP contribution in [0.25, 0.3) is 0 Å². The predicted molar refractivity (Wildman–Crippen MR) is 70.3 cm³/mol. The minimum absolute atomic E-state index is 0.0334. The Balaban J connectivity index is 2.71. The minimum Gasteiger partial charge on any atom is -0.476 e. The van der Waals surface area contributed by atoms with Crippen LogP contribution in [0.4, 0.5) is 0 Å². The average molecular weight is 284 g/mol. The second kappa shape index (κ2) is 7.59. The molecule has 0 bridgehead atoms. The molecular formula is C12H20N4O4. The Morgan fingerprint density at radius 3 is 2.75 bits per heavy atom. The van der Waals surface area contributed by atoms with Gasteiger partial charge in [-0.1, -0.05) is 12.1 Å². The molecule has 0 radical (unpaired) electrons. The van der Waals surface area contributed by atoms with Gasteiger partial charge in [0.05, 0.1) is 12.8 Å². The molecule has 20 heavy (non-hydrogen) atoms. The zero-order valence-electron chi connectivity index (χ0n) is 11.9. The van der Waals surface area contributed by atoms with Crippen LogP contribution in [0.1, 0.15) is 30.8 Å². The van der Waals surface area contributed by atoms with Crippen molar-refractivity contribution in [1.29, 1.82) is 0 Å². The molecule has 1 N–H and O–H groups in total. The van der Waals surface area contributed by atoms with Crippen LogP contribution < -0.4 is 0 Å². The Bertz CT molecular complexity index is 460. The number of hydrogen-bond donors (Lipinski definition) is 1. The van der Waals surface area contributed by atoms with Crippen molar-refractivity contribution < 1.29 is 19.4 Å². The lowest BCUT2D eigenvalue weighted by Gasteiger charge is -2.28. The summed E-state index contributed by atoms with van der Waals surface area (Å²) in [6.45, 7) is 4.86. The van der Waals surface area contributed by atoms with Crippen molar-refractivity contribution in [1.82, 2.24) is 19.9 Å². The van der Waals surface area contributed by atoms with Gasteiger partial charge < -0.3 is 14.7 Å². The van der Waals surface area contributed by atoms with Crippen LogP contribution in [-0.2, 0) is 16.1 Å². The Labute approximate surface area is 117 Å². The highest BCUT2D eigenvalue weighted by molar-refractivity contribution is 5.84. The Morgan fingerprint density at radius 1 is 1.55 bits per heavy atom. The predicted octanol–water partition coefficient (Wildman–Crippen LogP) is 0.250. The lowest BCUT2D eigenvalue weighted by molar-refractivity contribution is -0.134. The first-order chi connectivity index (χ1) is 9.49. The summed E-state index contributed by atoms with van der Waals surface area (Å²) in [7, 11) is 1.58. The number of amides is 1. The lowest BCUT2D eigenvalue weighted by Crippen LogP contribution is -2.42. The average Bonchev–Trinajstić information content (AvgIpc) is 2.87. The molecule has 1 unspecified atom stereocenters. The maximum absolute atomic E-state index is 12.2. The van der Waals surface area contributed by atoms with Gasteiger partial charge in [-0.3, -0.25) is 4.79 Å². The maximum Gasteiger partial charge on any atom is 0.358 e. The quantitative estimate of drug-likeness (QED) is 0.735. The molecule has 0 aliphatic rings. The molecule has 112 valence electrons. The number of carboxylic acid groups (broad SMARTS) is 1. The van der Waals surface area contributed by atoms with Gasteiger partial charge in [0.25, 0.3) is 0 Å². The molecular weight excluding hydrogens is 264 g/mol. The molecule has 0 aromatic carbocycles. The van der Waals surface area contributed by atoms with E-state index in [9.17, 15) is 9.59 Å². The van der Waals surface area contributed by atoms with E-state index in [0.717, 1.165) is 6.42 Å². The molecule has 0 aliphatic carbocycles. The van der Waals surface area contributed by atoms with Crippen molar-refractivity contribution in [2.75, 3.05) is 20.3 Å². The standard InChI is InChI=1S/C12H20N4O4/c1-4-9(2)16(5-6-20-3)11(17)8-15-7-10(12(18)19)13-14-15/h7,9H,4-6,8H2,1-3H3,(H,18,19). The third kappa shape index (κ3) is 4.30. The number of aromatic carboxylic acids is 1. The minimum atomic E-state index is -1.16. The highest BCUT2D eigenvalue weighted by Crippen LogP contribution is 2.05. The SMILES string of the molecule is CCC(C)N(CCOC)C(=O)Cn1cc(C(=O)O)nn1. The number of carbonyl (C=O) groups is 2. The lowest BCUT2D eigenvalue weighted by atomic mass is 10.2. The van der Waals surface area contributed by atoms with Gasteiger partial charge in [-0.05, 0) is 13.3 Å². The third-order valence-corrected chi connectivity index (χ3v) is 3.03. The summed E-state index contributed by atoms with van der Waals surface area (Å²) in [4.78, 5) is 24.6. The van der Waals surface area contributed by atoms with Gasteiger partial charge >= 0.3 is 5.97 Å². The fourth-order valence-corrected chi connectivity index (χ4v) is 1.70. The van der Waals surface area contributed by atoms with E-state index < -0.39 is 5.97 Å². The number of aromatic nitrogens is 3. The normalized spacial score (nSPS) is 12.2. The van der Waals surface area contributed by atoms with Crippen molar-refractivity contribution in [2.45, 2.75) is 32.9 Å². The van der Waals surface area contributed by atoms with Gasteiger partial charge in [-0.15, -0.1) is 5.10 Å². The van der Waals surface area contributed by atoms with Gasteiger partial charge in [0.15, 0.2) is 5.69 Å². The molecule has 8 nitrogen and oxygen atoms in total. The fraction of sp³-hybridized carbons (Fsp3) is 0.667. The highest BCUT2D eigenvalue weighted by atomic mass is 16.5. The number of nitrogens with zero attached hydrogens (tertiary/aromatic N) is 4. The smallest absolute Gasteiger partial charge is 0.358 e. The summed E-state index contributed by atoms with van der Waals surface area (Å²) >= 11 is 0. The van der Waals surface area contributed by atoms with Crippen LogP contribution >= 0.6 is 0 Å². The fourth-order valence-electron chi connectivity index (χ4n) is 1.70. The zero-order valence-corrected chi connectivity index (χ0v) is 11.9. The van der Waals surface area contributed by atoms with E-state index in [1.807, 2.05) is 13.8 Å². The Hall–Kier alpha value is -1.96. The zero-order chi connectivity index (χ0) is 15.1. The topological polar surface area (TPSA) is 97.5 Å². The van der Waals surface area contributed by atoms with E-state index >= 15 is 0 Å². The van der Waals surface area contributed by atoms with Gasteiger partial charge in [-0.2, -0.15) is 0 Å². The van der Waals surface area contributed by atoms with Crippen molar-refractivity contribution in [3.63, 3.8) is 0 Å². The number of ether oxygens (including phenoxy) is 1. The van der Waals surface area contributed by atoms with Crippen molar-refractivity contribution in [2.24, 2.45) is 0 Å². The summed E-state index contributed by atoms with van der Waals surface area (Å²) in [5.41, 5.74) is -0.176. The number of methoxy groups -OCH3 is 1. The number of carboxylic acids is 1. The van der Waals surface area contributed by atoms with Gasteiger partial charge in [0.1, 0.15) is 6.54 Å². The van der Waals surface area contributed by atoms with E-state index in [4.69, 9.17) is 9.84 Å². The number of hydrogen-bond acceptors (Lipinski definition) is 5. The second-order valence-electron chi connectivity index (χ2n) is 4.44.